The van der Waals surface area contributed by atoms with Gasteiger partial charge in [-0.25, -0.2) is 4.98 Å². The van der Waals surface area contributed by atoms with Crippen molar-refractivity contribution in [3.8, 4) is 0 Å². The van der Waals surface area contributed by atoms with Crippen LogP contribution in [0.3, 0.4) is 0 Å². The topological polar surface area (TPSA) is 59.0 Å². The van der Waals surface area contributed by atoms with Crippen LogP contribution in [0.2, 0.25) is 0 Å². The van der Waals surface area contributed by atoms with Crippen LogP contribution < -0.4 is 10.6 Å². The van der Waals surface area contributed by atoms with Crippen LogP contribution in [-0.2, 0) is 11.3 Å². The maximum Gasteiger partial charge on any atom is 0.237 e. The van der Waals surface area contributed by atoms with Gasteiger partial charge in [0.2, 0.25) is 5.91 Å². The summed E-state index contributed by atoms with van der Waals surface area (Å²) in [7, 11) is 0. The molecule has 1 atom stereocenters. The summed E-state index contributed by atoms with van der Waals surface area (Å²) in [6.07, 6.45) is 13.0. The SMILES string of the molecule is C[C@@H](NCC1(Cn2ccnc2)CC1)C(=O)NC1CCCC1. The van der Waals surface area contributed by atoms with Crippen LogP contribution in [0.15, 0.2) is 18.7 Å². The van der Waals surface area contributed by atoms with Crippen LogP contribution in [0.1, 0.15) is 45.4 Å². The van der Waals surface area contributed by atoms with Crippen LogP contribution in [0.4, 0.5) is 0 Å². The lowest BCUT2D eigenvalue weighted by molar-refractivity contribution is -0.123. The van der Waals surface area contributed by atoms with Gasteiger partial charge >= 0.3 is 0 Å². The Balaban J connectivity index is 1.42. The van der Waals surface area contributed by atoms with Crippen molar-refractivity contribution in [3.63, 3.8) is 0 Å². The van der Waals surface area contributed by atoms with Gasteiger partial charge in [-0.05, 0) is 32.6 Å². The zero-order valence-electron chi connectivity index (χ0n) is 12.8. The second kappa shape index (κ2) is 6.18. The fraction of sp³-hybridized carbons (Fsp3) is 0.750. The Labute approximate surface area is 126 Å². The largest absolute Gasteiger partial charge is 0.352 e. The molecule has 21 heavy (non-hydrogen) atoms. The number of hydrogen-bond acceptors (Lipinski definition) is 3. The number of carbonyl (C=O) groups excluding carboxylic acids is 1. The lowest BCUT2D eigenvalue weighted by atomic mass is 10.1. The van der Waals surface area contributed by atoms with Gasteiger partial charge in [-0.15, -0.1) is 0 Å². The molecule has 5 heteroatoms. The number of carbonyl (C=O) groups is 1. The maximum atomic E-state index is 12.2. The number of rotatable bonds is 7. The van der Waals surface area contributed by atoms with Crippen LogP contribution in [0.5, 0.6) is 0 Å². The van der Waals surface area contributed by atoms with Gasteiger partial charge in [-0.2, -0.15) is 0 Å². The number of imidazole rings is 1. The molecule has 1 heterocycles. The molecule has 5 nitrogen and oxygen atoms in total. The molecule has 0 unspecified atom stereocenters. The monoisotopic (exact) mass is 290 g/mol. The average molecular weight is 290 g/mol. The van der Waals surface area contributed by atoms with E-state index in [9.17, 15) is 4.79 Å². The molecule has 0 spiro atoms. The highest BCUT2D eigenvalue weighted by Crippen LogP contribution is 2.46. The first-order valence-corrected chi connectivity index (χ1v) is 8.16. The molecule has 0 radical (unpaired) electrons. The summed E-state index contributed by atoms with van der Waals surface area (Å²) in [6.45, 7) is 3.87. The summed E-state index contributed by atoms with van der Waals surface area (Å²) >= 11 is 0. The molecule has 1 aromatic rings. The van der Waals surface area contributed by atoms with Gasteiger partial charge in [-0.1, -0.05) is 12.8 Å². The van der Waals surface area contributed by atoms with Crippen molar-refractivity contribution in [2.24, 2.45) is 5.41 Å². The Kier molecular flexibility index (Phi) is 4.29. The van der Waals surface area contributed by atoms with Gasteiger partial charge in [0.05, 0.1) is 12.4 Å². The van der Waals surface area contributed by atoms with E-state index in [1.807, 2.05) is 25.6 Å². The summed E-state index contributed by atoms with van der Waals surface area (Å²) in [5, 5.41) is 6.59. The Bertz CT molecular complexity index is 461. The highest BCUT2D eigenvalue weighted by atomic mass is 16.2. The van der Waals surface area contributed by atoms with Crippen molar-refractivity contribution in [3.05, 3.63) is 18.7 Å². The molecule has 3 rings (SSSR count). The van der Waals surface area contributed by atoms with Crippen molar-refractivity contribution in [2.75, 3.05) is 6.54 Å². The molecule has 0 aromatic carbocycles. The Hall–Kier alpha value is -1.36. The minimum Gasteiger partial charge on any atom is -0.352 e. The molecule has 2 N–H and O–H groups in total. The molecule has 2 aliphatic rings. The first kappa shape index (κ1) is 14.6. The van der Waals surface area contributed by atoms with Gasteiger partial charge < -0.3 is 15.2 Å². The lowest BCUT2D eigenvalue weighted by Crippen LogP contribution is -2.47. The van der Waals surface area contributed by atoms with E-state index in [0.717, 1.165) is 25.9 Å². The van der Waals surface area contributed by atoms with Crippen molar-refractivity contribution in [1.29, 1.82) is 0 Å². The van der Waals surface area contributed by atoms with E-state index >= 15 is 0 Å². The van der Waals surface area contributed by atoms with Gasteiger partial charge in [0.25, 0.3) is 0 Å². The lowest BCUT2D eigenvalue weighted by Gasteiger charge is -2.21. The highest BCUT2D eigenvalue weighted by molar-refractivity contribution is 5.81. The minimum absolute atomic E-state index is 0.106. The van der Waals surface area contributed by atoms with Crippen LogP contribution >= 0.6 is 0 Å². The van der Waals surface area contributed by atoms with E-state index in [1.54, 1.807) is 0 Å². The second-order valence-electron chi connectivity index (χ2n) is 6.83. The number of aromatic nitrogens is 2. The van der Waals surface area contributed by atoms with Crippen LogP contribution in [-0.4, -0.2) is 34.1 Å². The molecule has 116 valence electrons. The van der Waals surface area contributed by atoms with Crippen molar-refractivity contribution >= 4 is 5.91 Å². The van der Waals surface area contributed by atoms with Gasteiger partial charge in [0, 0.05) is 36.9 Å². The van der Waals surface area contributed by atoms with Crippen LogP contribution in [0, 0.1) is 5.41 Å². The normalized spacial score (nSPS) is 22.1. The highest BCUT2D eigenvalue weighted by Gasteiger charge is 2.42. The van der Waals surface area contributed by atoms with Crippen LogP contribution in [0.25, 0.3) is 0 Å². The third-order valence-corrected chi connectivity index (χ3v) is 4.91. The molecule has 2 aliphatic carbocycles. The first-order valence-electron chi connectivity index (χ1n) is 8.16. The first-order chi connectivity index (χ1) is 10.2. The van der Waals surface area contributed by atoms with Gasteiger partial charge in [0.1, 0.15) is 0 Å². The predicted octanol–water partition coefficient (Wildman–Crippen LogP) is 1.70. The van der Waals surface area contributed by atoms with E-state index in [4.69, 9.17) is 0 Å². The maximum absolute atomic E-state index is 12.2. The summed E-state index contributed by atoms with van der Waals surface area (Å²) in [5.74, 6) is 0.153. The van der Waals surface area contributed by atoms with Crippen molar-refractivity contribution in [1.82, 2.24) is 20.2 Å². The number of amides is 1. The third-order valence-electron chi connectivity index (χ3n) is 4.91. The molecular formula is C16H26N4O. The summed E-state index contributed by atoms with van der Waals surface area (Å²) < 4.78 is 2.14. The second-order valence-corrected chi connectivity index (χ2v) is 6.83. The zero-order chi connectivity index (χ0) is 14.7. The molecule has 2 saturated carbocycles. The summed E-state index contributed by atoms with van der Waals surface area (Å²) in [6, 6.07) is 0.299. The number of nitrogens with zero attached hydrogens (tertiary/aromatic N) is 2. The molecule has 1 aromatic heterocycles. The van der Waals surface area contributed by atoms with E-state index in [1.165, 1.54) is 25.7 Å². The molecular weight excluding hydrogens is 264 g/mol. The third kappa shape index (κ3) is 3.84. The summed E-state index contributed by atoms with van der Waals surface area (Å²) in [5.41, 5.74) is 0.322. The number of hydrogen-bond donors (Lipinski definition) is 2. The predicted molar refractivity (Wildman–Crippen MR) is 81.8 cm³/mol. The van der Waals surface area contributed by atoms with Crippen molar-refractivity contribution < 1.29 is 4.79 Å². The van der Waals surface area contributed by atoms with E-state index in [0.29, 0.717) is 11.5 Å². The molecule has 2 fully saturated rings. The fourth-order valence-electron chi connectivity index (χ4n) is 3.19. The van der Waals surface area contributed by atoms with Crippen molar-refractivity contribution in [2.45, 2.75) is 64.1 Å². The summed E-state index contributed by atoms with van der Waals surface area (Å²) in [4.78, 5) is 16.3. The van der Waals surface area contributed by atoms with E-state index < -0.39 is 0 Å². The Morgan fingerprint density at radius 2 is 2.19 bits per heavy atom. The smallest absolute Gasteiger partial charge is 0.237 e. The average Bonchev–Trinajstić information content (AvgIpc) is 2.88. The molecule has 0 aliphatic heterocycles. The van der Waals surface area contributed by atoms with Gasteiger partial charge in [0.15, 0.2) is 0 Å². The quantitative estimate of drug-likeness (QED) is 0.803. The van der Waals surface area contributed by atoms with E-state index in [2.05, 4.69) is 20.2 Å². The Morgan fingerprint density at radius 3 is 2.81 bits per heavy atom. The standard InChI is InChI=1S/C16H26N4O/c1-13(15(21)19-14-4-2-3-5-14)18-10-16(6-7-16)11-20-9-8-17-12-20/h8-9,12-14,18H,2-7,10-11H2,1H3,(H,19,21)/t13-/m1/s1. The molecule has 0 bridgehead atoms. The van der Waals surface area contributed by atoms with Gasteiger partial charge in [-0.3, -0.25) is 4.79 Å². The Morgan fingerprint density at radius 1 is 1.43 bits per heavy atom. The molecule has 0 saturated heterocycles. The molecule has 1 amide bonds. The minimum atomic E-state index is -0.106. The fourth-order valence-corrected chi connectivity index (χ4v) is 3.19. The number of nitrogens with one attached hydrogen (secondary N) is 2. The zero-order valence-corrected chi connectivity index (χ0v) is 12.8. The van der Waals surface area contributed by atoms with E-state index in [-0.39, 0.29) is 11.9 Å².